The number of benzene rings is 1. The van der Waals surface area contributed by atoms with Crippen LogP contribution in [0.1, 0.15) is 47.7 Å². The number of aromatic amines is 1. The minimum atomic E-state index is -4.50. The molecule has 0 spiro atoms. The summed E-state index contributed by atoms with van der Waals surface area (Å²) in [6.07, 6.45) is -1.37. The third-order valence-electron chi connectivity index (χ3n) is 7.54. The summed E-state index contributed by atoms with van der Waals surface area (Å²) >= 11 is 0. The summed E-state index contributed by atoms with van der Waals surface area (Å²) < 4.78 is 48.3. The minimum Gasteiger partial charge on any atom is -0.408 e. The molecule has 0 aliphatic heterocycles. The first kappa shape index (κ1) is 25.9. The van der Waals surface area contributed by atoms with Crippen LogP contribution in [0, 0.1) is 25.2 Å². The molecule has 11 heteroatoms. The van der Waals surface area contributed by atoms with E-state index in [9.17, 15) is 22.8 Å². The van der Waals surface area contributed by atoms with Gasteiger partial charge in [-0.25, -0.2) is 14.8 Å². The molecule has 194 valence electrons. The Balaban J connectivity index is 1.72. The van der Waals surface area contributed by atoms with E-state index in [1.54, 1.807) is 13.0 Å². The van der Waals surface area contributed by atoms with E-state index in [-0.39, 0.29) is 30.9 Å². The number of nitrogens with zero attached hydrogens (tertiary/aromatic N) is 3. The normalized spacial score (nSPS) is 17.8. The SMILES string of the molecule is Cc1ncc(C(C(C[C@@H](Cc2ccc3[nH]c(=O)oc3c2C)N(C)C)C(N)=O)C2(C(F)(F)F)CC2)cn1. The van der Waals surface area contributed by atoms with Gasteiger partial charge in [0, 0.05) is 30.3 Å². The Morgan fingerprint density at radius 3 is 2.39 bits per heavy atom. The number of oxazole rings is 1. The molecule has 2 unspecified atom stereocenters. The zero-order valence-electron chi connectivity index (χ0n) is 20.6. The molecule has 1 amide bonds. The fourth-order valence-electron chi connectivity index (χ4n) is 5.26. The molecule has 1 aliphatic rings. The molecule has 36 heavy (non-hydrogen) atoms. The van der Waals surface area contributed by atoms with Crippen molar-refractivity contribution < 1.29 is 22.4 Å². The van der Waals surface area contributed by atoms with Crippen molar-refractivity contribution in [3.63, 3.8) is 0 Å². The molecule has 2 aromatic heterocycles. The van der Waals surface area contributed by atoms with Crippen molar-refractivity contribution in [2.75, 3.05) is 14.1 Å². The summed E-state index contributed by atoms with van der Waals surface area (Å²) in [6, 6.07) is 3.26. The third-order valence-corrected chi connectivity index (χ3v) is 7.54. The lowest BCUT2D eigenvalue weighted by Gasteiger charge is -2.37. The van der Waals surface area contributed by atoms with Crippen LogP contribution in [0.4, 0.5) is 13.2 Å². The Kier molecular flexibility index (Phi) is 6.72. The van der Waals surface area contributed by atoms with Gasteiger partial charge in [-0.2, -0.15) is 13.2 Å². The average Bonchev–Trinajstić information content (AvgIpc) is 3.51. The van der Waals surface area contributed by atoms with E-state index in [1.165, 1.54) is 12.4 Å². The second-order valence-corrected chi connectivity index (χ2v) is 10.0. The van der Waals surface area contributed by atoms with Gasteiger partial charge in [-0.05, 0) is 76.4 Å². The number of carbonyl (C=O) groups excluding carboxylic acids is 1. The lowest BCUT2D eigenvalue weighted by atomic mass is 9.71. The fourth-order valence-corrected chi connectivity index (χ4v) is 5.26. The number of alkyl halides is 3. The molecule has 8 nitrogen and oxygen atoms in total. The van der Waals surface area contributed by atoms with Gasteiger partial charge in [0.05, 0.1) is 10.9 Å². The van der Waals surface area contributed by atoms with E-state index in [0.717, 1.165) is 11.1 Å². The molecule has 3 atom stereocenters. The van der Waals surface area contributed by atoms with Crippen LogP contribution in [0.5, 0.6) is 0 Å². The molecule has 3 aromatic rings. The van der Waals surface area contributed by atoms with Gasteiger partial charge >= 0.3 is 11.9 Å². The number of H-pyrrole nitrogens is 1. The molecule has 1 fully saturated rings. The monoisotopic (exact) mass is 505 g/mol. The molecule has 0 bridgehead atoms. The smallest absolute Gasteiger partial charge is 0.408 e. The number of hydrogen-bond donors (Lipinski definition) is 2. The number of halogens is 3. The molecule has 1 saturated carbocycles. The molecule has 1 aliphatic carbocycles. The van der Waals surface area contributed by atoms with Crippen molar-refractivity contribution in [2.45, 2.75) is 57.7 Å². The molecule has 0 radical (unpaired) electrons. The van der Waals surface area contributed by atoms with Crippen molar-refractivity contribution in [3.8, 4) is 0 Å². The molecular formula is C25H30F3N5O3. The third kappa shape index (κ3) is 4.76. The van der Waals surface area contributed by atoms with Crippen LogP contribution in [0.2, 0.25) is 0 Å². The first-order chi connectivity index (χ1) is 16.8. The van der Waals surface area contributed by atoms with Crippen molar-refractivity contribution in [1.82, 2.24) is 19.9 Å². The van der Waals surface area contributed by atoms with Crippen LogP contribution < -0.4 is 11.5 Å². The van der Waals surface area contributed by atoms with Gasteiger partial charge in [-0.15, -0.1) is 0 Å². The first-order valence-corrected chi connectivity index (χ1v) is 11.8. The second kappa shape index (κ2) is 9.34. The Bertz CT molecular complexity index is 1310. The number of nitrogens with one attached hydrogen (secondary N) is 1. The summed E-state index contributed by atoms with van der Waals surface area (Å²) in [5.41, 5.74) is 6.65. The Hall–Kier alpha value is -3.21. The lowest BCUT2D eigenvalue weighted by molar-refractivity contribution is -0.198. The van der Waals surface area contributed by atoms with E-state index in [0.29, 0.717) is 23.3 Å². The molecular weight excluding hydrogens is 475 g/mol. The Labute approximate surface area is 206 Å². The standard InChI is InChI=1S/C25H30F3N5O3/c1-13-15(5-6-19-21(13)36-23(35)32-19)9-17(33(3)4)10-18(22(29)34)20(16-11-30-14(2)31-12-16)24(7-8-24)25(26,27)28/h5-6,11-12,17-18,20H,7-10H2,1-4H3,(H2,29,34)(H,32,35)/t17-,18?,20?/m1/s1. The van der Waals surface area contributed by atoms with Crippen LogP contribution in [0.25, 0.3) is 11.1 Å². The molecule has 2 heterocycles. The number of carbonyl (C=O) groups is 1. The maximum absolute atomic E-state index is 14.3. The van der Waals surface area contributed by atoms with Crippen molar-refractivity contribution in [1.29, 1.82) is 0 Å². The van der Waals surface area contributed by atoms with Crippen LogP contribution in [-0.2, 0) is 11.2 Å². The highest BCUT2D eigenvalue weighted by Crippen LogP contribution is 2.67. The molecule has 4 rings (SSSR count). The van der Waals surface area contributed by atoms with Gasteiger partial charge in [-0.3, -0.25) is 9.78 Å². The zero-order valence-corrected chi connectivity index (χ0v) is 20.6. The van der Waals surface area contributed by atoms with Gasteiger partial charge in [0.15, 0.2) is 5.58 Å². The molecule has 3 N–H and O–H groups in total. The maximum atomic E-state index is 14.3. The largest absolute Gasteiger partial charge is 0.417 e. The highest BCUT2D eigenvalue weighted by molar-refractivity contribution is 5.78. The van der Waals surface area contributed by atoms with Crippen molar-refractivity contribution >= 4 is 17.0 Å². The van der Waals surface area contributed by atoms with Crippen LogP contribution >= 0.6 is 0 Å². The number of rotatable bonds is 9. The van der Waals surface area contributed by atoms with Crippen LogP contribution in [-0.4, -0.2) is 52.1 Å². The zero-order chi connectivity index (χ0) is 26.4. The van der Waals surface area contributed by atoms with E-state index < -0.39 is 35.1 Å². The lowest BCUT2D eigenvalue weighted by Crippen LogP contribution is -2.44. The van der Waals surface area contributed by atoms with E-state index >= 15 is 0 Å². The molecule has 1 aromatic carbocycles. The predicted molar refractivity (Wildman–Crippen MR) is 127 cm³/mol. The van der Waals surface area contributed by atoms with Crippen LogP contribution in [0.15, 0.2) is 33.7 Å². The Morgan fingerprint density at radius 1 is 1.22 bits per heavy atom. The van der Waals surface area contributed by atoms with Gasteiger partial charge in [0.25, 0.3) is 0 Å². The number of likely N-dealkylation sites (N-methyl/N-ethyl adjacent to an activating group) is 1. The number of aryl methyl sites for hydroxylation is 2. The average molecular weight is 506 g/mol. The van der Waals surface area contributed by atoms with Gasteiger partial charge in [-0.1, -0.05) is 6.07 Å². The van der Waals surface area contributed by atoms with Gasteiger partial charge < -0.3 is 15.1 Å². The number of aromatic nitrogens is 3. The highest BCUT2D eigenvalue weighted by Gasteiger charge is 2.69. The van der Waals surface area contributed by atoms with E-state index in [1.807, 2.05) is 32.0 Å². The predicted octanol–water partition coefficient (Wildman–Crippen LogP) is 3.62. The molecule has 0 saturated heterocycles. The van der Waals surface area contributed by atoms with Gasteiger partial charge in [0.1, 0.15) is 5.82 Å². The summed E-state index contributed by atoms with van der Waals surface area (Å²) in [4.78, 5) is 37.1. The number of nitrogens with two attached hydrogens (primary N) is 1. The van der Waals surface area contributed by atoms with Gasteiger partial charge in [0.2, 0.25) is 5.91 Å². The fraction of sp³-hybridized carbons (Fsp3) is 0.520. The topological polar surface area (TPSA) is 118 Å². The summed E-state index contributed by atoms with van der Waals surface area (Å²) in [6.45, 7) is 3.47. The van der Waals surface area contributed by atoms with Crippen molar-refractivity contribution in [2.24, 2.45) is 17.1 Å². The number of amides is 1. The van der Waals surface area contributed by atoms with Crippen LogP contribution in [0.3, 0.4) is 0 Å². The number of hydrogen-bond acceptors (Lipinski definition) is 6. The first-order valence-electron chi connectivity index (χ1n) is 11.8. The number of primary amides is 1. The minimum absolute atomic E-state index is 0.0756. The Morgan fingerprint density at radius 2 is 1.86 bits per heavy atom. The van der Waals surface area contributed by atoms with Crippen molar-refractivity contribution in [3.05, 3.63) is 57.6 Å². The second-order valence-electron chi connectivity index (χ2n) is 10.0. The quantitative estimate of drug-likeness (QED) is 0.459. The highest BCUT2D eigenvalue weighted by atomic mass is 19.4. The summed E-state index contributed by atoms with van der Waals surface area (Å²) in [5, 5.41) is 0. The van der Waals surface area contributed by atoms with E-state index in [2.05, 4.69) is 15.0 Å². The maximum Gasteiger partial charge on any atom is 0.417 e. The number of fused-ring (bicyclic) bond motifs is 1. The van der Waals surface area contributed by atoms with E-state index in [4.69, 9.17) is 10.2 Å². The summed E-state index contributed by atoms with van der Waals surface area (Å²) in [5.74, 6) is -3.20. The summed E-state index contributed by atoms with van der Waals surface area (Å²) in [7, 11) is 3.63.